The molecule has 4 heteroatoms. The van der Waals surface area contributed by atoms with Gasteiger partial charge >= 0.3 is 0 Å². The molecule has 18 heavy (non-hydrogen) atoms. The van der Waals surface area contributed by atoms with Crippen LogP contribution in [0.5, 0.6) is 0 Å². The Kier molecular flexibility index (Phi) is 4.69. The lowest BCUT2D eigenvalue weighted by molar-refractivity contribution is 0.0944. The Bertz CT molecular complexity index is 393. The van der Waals surface area contributed by atoms with Crippen LogP contribution in [0, 0.1) is 5.82 Å². The Morgan fingerprint density at radius 3 is 2.56 bits per heavy atom. The van der Waals surface area contributed by atoms with Gasteiger partial charge in [0.05, 0.1) is 6.61 Å². The van der Waals surface area contributed by atoms with Crippen LogP contribution >= 0.6 is 0 Å². The van der Waals surface area contributed by atoms with E-state index in [0.29, 0.717) is 25.7 Å². The molecule has 0 atom stereocenters. The Balaban J connectivity index is 2.07. The Morgan fingerprint density at radius 2 is 2.00 bits per heavy atom. The monoisotopic (exact) mass is 252 g/mol. The van der Waals surface area contributed by atoms with Crippen molar-refractivity contribution >= 4 is 0 Å². The van der Waals surface area contributed by atoms with Crippen molar-refractivity contribution in [2.24, 2.45) is 5.73 Å². The Labute approximate surface area is 107 Å². The second kappa shape index (κ2) is 6.27. The third-order valence-electron chi connectivity index (χ3n) is 3.62. The lowest BCUT2D eigenvalue weighted by atomic mass is 9.91. The molecule has 1 saturated carbocycles. The smallest absolute Gasteiger partial charge is 0.123 e. The molecule has 0 heterocycles. The first kappa shape index (κ1) is 13.5. The van der Waals surface area contributed by atoms with Gasteiger partial charge in [-0.05, 0) is 36.1 Å². The average Bonchev–Trinajstić information content (AvgIpc) is 2.26. The second-order valence-corrected chi connectivity index (χ2v) is 4.95. The molecule has 1 aromatic rings. The first-order chi connectivity index (χ1) is 8.72. The summed E-state index contributed by atoms with van der Waals surface area (Å²) in [7, 11) is 0. The van der Waals surface area contributed by atoms with Gasteiger partial charge in [0.2, 0.25) is 0 Å². The highest BCUT2D eigenvalue weighted by Crippen LogP contribution is 2.26. The number of aliphatic hydroxyl groups is 1. The van der Waals surface area contributed by atoms with Gasteiger partial charge in [0.25, 0.3) is 0 Å². The van der Waals surface area contributed by atoms with Crippen molar-refractivity contribution in [2.75, 3.05) is 13.2 Å². The third-order valence-corrected chi connectivity index (χ3v) is 3.62. The summed E-state index contributed by atoms with van der Waals surface area (Å²) < 4.78 is 13.4. The van der Waals surface area contributed by atoms with Gasteiger partial charge in [0.1, 0.15) is 5.82 Å². The molecule has 1 aliphatic rings. The van der Waals surface area contributed by atoms with E-state index in [2.05, 4.69) is 4.90 Å². The molecule has 2 rings (SSSR count). The summed E-state index contributed by atoms with van der Waals surface area (Å²) in [6.07, 6.45) is 3.61. The topological polar surface area (TPSA) is 49.5 Å². The number of nitrogens with zero attached hydrogens (tertiary/aromatic N) is 1. The van der Waals surface area contributed by atoms with Gasteiger partial charge in [0.15, 0.2) is 0 Å². The first-order valence-electron chi connectivity index (χ1n) is 6.56. The molecular weight excluding hydrogens is 231 g/mol. The van der Waals surface area contributed by atoms with Gasteiger partial charge in [-0.2, -0.15) is 0 Å². The van der Waals surface area contributed by atoms with Gasteiger partial charge in [0, 0.05) is 25.7 Å². The Morgan fingerprint density at radius 1 is 1.28 bits per heavy atom. The number of hydrogen-bond donors (Lipinski definition) is 2. The van der Waals surface area contributed by atoms with E-state index >= 15 is 0 Å². The van der Waals surface area contributed by atoms with E-state index in [1.54, 1.807) is 6.07 Å². The quantitative estimate of drug-likeness (QED) is 0.809. The normalized spacial score (nSPS) is 16.0. The number of benzene rings is 1. The van der Waals surface area contributed by atoms with Gasteiger partial charge in [-0.1, -0.05) is 12.5 Å². The van der Waals surface area contributed by atoms with Crippen LogP contribution < -0.4 is 5.73 Å². The maximum atomic E-state index is 13.4. The number of hydrogen-bond acceptors (Lipinski definition) is 3. The lowest BCUT2D eigenvalue weighted by Crippen LogP contribution is -2.41. The summed E-state index contributed by atoms with van der Waals surface area (Å²) in [5, 5.41) is 9.10. The summed E-state index contributed by atoms with van der Waals surface area (Å²) in [6.45, 7) is 1.85. The Hall–Kier alpha value is -0.970. The van der Waals surface area contributed by atoms with Crippen LogP contribution in [-0.2, 0) is 13.1 Å². The third kappa shape index (κ3) is 3.28. The zero-order valence-electron chi connectivity index (χ0n) is 10.6. The van der Waals surface area contributed by atoms with E-state index in [1.807, 2.05) is 6.07 Å². The molecule has 0 amide bonds. The van der Waals surface area contributed by atoms with Crippen LogP contribution in [0.4, 0.5) is 4.39 Å². The van der Waals surface area contributed by atoms with Gasteiger partial charge in [-0.25, -0.2) is 4.39 Å². The summed E-state index contributed by atoms with van der Waals surface area (Å²) in [6, 6.07) is 5.53. The molecule has 3 N–H and O–H groups in total. The van der Waals surface area contributed by atoms with E-state index in [4.69, 9.17) is 10.8 Å². The molecule has 100 valence electrons. The van der Waals surface area contributed by atoms with Crippen molar-refractivity contribution < 1.29 is 9.50 Å². The zero-order chi connectivity index (χ0) is 13.0. The van der Waals surface area contributed by atoms with E-state index < -0.39 is 0 Å². The maximum absolute atomic E-state index is 13.4. The number of halogens is 1. The molecule has 3 nitrogen and oxygen atoms in total. The summed E-state index contributed by atoms with van der Waals surface area (Å²) in [4.78, 5) is 2.23. The van der Waals surface area contributed by atoms with Gasteiger partial charge < -0.3 is 10.8 Å². The molecular formula is C14H21FN2O. The van der Waals surface area contributed by atoms with Crippen LogP contribution in [0.1, 0.15) is 30.4 Å². The summed E-state index contributed by atoms with van der Waals surface area (Å²) in [5.74, 6) is -0.231. The van der Waals surface area contributed by atoms with Crippen molar-refractivity contribution in [3.63, 3.8) is 0 Å². The lowest BCUT2D eigenvalue weighted by Gasteiger charge is -2.37. The molecule has 0 radical (unpaired) electrons. The highest BCUT2D eigenvalue weighted by molar-refractivity contribution is 5.24. The largest absolute Gasteiger partial charge is 0.395 e. The van der Waals surface area contributed by atoms with Crippen molar-refractivity contribution in [3.8, 4) is 0 Å². The van der Waals surface area contributed by atoms with E-state index in [9.17, 15) is 4.39 Å². The van der Waals surface area contributed by atoms with E-state index in [1.165, 1.54) is 25.3 Å². The van der Waals surface area contributed by atoms with Crippen molar-refractivity contribution in [1.82, 2.24) is 4.90 Å². The fraction of sp³-hybridized carbons (Fsp3) is 0.571. The van der Waals surface area contributed by atoms with Crippen LogP contribution in [0.3, 0.4) is 0 Å². The maximum Gasteiger partial charge on any atom is 0.123 e. The predicted molar refractivity (Wildman–Crippen MR) is 69.4 cm³/mol. The van der Waals surface area contributed by atoms with Gasteiger partial charge in [-0.3, -0.25) is 4.90 Å². The highest BCUT2D eigenvalue weighted by Gasteiger charge is 2.24. The predicted octanol–water partition coefficient (Wildman–Crippen LogP) is 1.63. The molecule has 0 saturated heterocycles. The van der Waals surface area contributed by atoms with Crippen LogP contribution in [-0.4, -0.2) is 29.2 Å². The summed E-state index contributed by atoms with van der Waals surface area (Å²) >= 11 is 0. The fourth-order valence-electron chi connectivity index (χ4n) is 2.43. The van der Waals surface area contributed by atoms with Crippen molar-refractivity contribution in [1.29, 1.82) is 0 Å². The molecule has 0 aromatic heterocycles. The summed E-state index contributed by atoms with van der Waals surface area (Å²) in [5.41, 5.74) is 7.32. The standard InChI is InChI=1S/C14H21FN2O/c15-13-7-11(9-16)6-12(8-13)10-17(4-5-18)14-2-1-3-14/h6-8,14,18H,1-5,9-10,16H2. The fourth-order valence-corrected chi connectivity index (χ4v) is 2.43. The molecule has 1 fully saturated rings. The molecule has 0 spiro atoms. The van der Waals surface area contributed by atoms with Crippen molar-refractivity contribution in [2.45, 2.75) is 38.4 Å². The van der Waals surface area contributed by atoms with Crippen LogP contribution in [0.15, 0.2) is 18.2 Å². The second-order valence-electron chi connectivity index (χ2n) is 4.95. The number of rotatable bonds is 6. The molecule has 1 aliphatic carbocycles. The minimum atomic E-state index is -0.231. The van der Waals surface area contributed by atoms with E-state index in [-0.39, 0.29) is 12.4 Å². The minimum absolute atomic E-state index is 0.148. The highest BCUT2D eigenvalue weighted by atomic mass is 19.1. The zero-order valence-corrected chi connectivity index (χ0v) is 10.6. The number of aliphatic hydroxyl groups excluding tert-OH is 1. The van der Waals surface area contributed by atoms with E-state index in [0.717, 1.165) is 11.1 Å². The molecule has 1 aromatic carbocycles. The first-order valence-corrected chi connectivity index (χ1v) is 6.56. The SMILES string of the molecule is NCc1cc(F)cc(CN(CCO)C2CCC2)c1. The number of nitrogens with two attached hydrogens (primary N) is 1. The molecule has 0 unspecified atom stereocenters. The van der Waals surface area contributed by atoms with Crippen LogP contribution in [0.2, 0.25) is 0 Å². The molecule has 0 bridgehead atoms. The van der Waals surface area contributed by atoms with Crippen molar-refractivity contribution in [3.05, 3.63) is 35.1 Å². The average molecular weight is 252 g/mol. The van der Waals surface area contributed by atoms with Gasteiger partial charge in [-0.15, -0.1) is 0 Å². The minimum Gasteiger partial charge on any atom is -0.395 e. The molecule has 0 aliphatic heterocycles. The van der Waals surface area contributed by atoms with Crippen LogP contribution in [0.25, 0.3) is 0 Å².